The average molecular weight is 205 g/mol. The minimum absolute atomic E-state index is 0.674. The van der Waals surface area contributed by atoms with Crippen molar-refractivity contribution < 1.29 is 0 Å². The van der Waals surface area contributed by atoms with E-state index >= 15 is 0 Å². The van der Waals surface area contributed by atoms with Crippen molar-refractivity contribution in [1.29, 1.82) is 0 Å². The second kappa shape index (κ2) is 4.38. The first kappa shape index (κ1) is 10.7. The van der Waals surface area contributed by atoms with Gasteiger partial charge in [-0.1, -0.05) is 27.2 Å². The molecule has 0 saturated heterocycles. The number of nitrogens with zero attached hydrogens (tertiary/aromatic N) is 1. The highest BCUT2D eigenvalue weighted by molar-refractivity contribution is 5.08. The molecule has 1 N–H and O–H groups in total. The molecule has 2 heteroatoms. The monoisotopic (exact) mass is 205 g/mol. The molecule has 0 spiro atoms. The molecule has 1 saturated carbocycles. The summed E-state index contributed by atoms with van der Waals surface area (Å²) in [5.41, 5.74) is 1.29. The third kappa shape index (κ3) is 2.24. The molecule has 1 fully saturated rings. The molecule has 2 rings (SSSR count). The van der Waals surface area contributed by atoms with Crippen molar-refractivity contribution >= 4 is 0 Å². The van der Waals surface area contributed by atoms with Gasteiger partial charge in [0.1, 0.15) is 6.20 Å². The van der Waals surface area contributed by atoms with Crippen LogP contribution < -0.4 is 0 Å². The highest BCUT2D eigenvalue weighted by Crippen LogP contribution is 2.43. The molecule has 2 nitrogen and oxygen atoms in total. The summed E-state index contributed by atoms with van der Waals surface area (Å²) in [6.07, 6.45) is 6.95. The van der Waals surface area contributed by atoms with Crippen LogP contribution in [0.25, 0.3) is 0 Å². The topological polar surface area (TPSA) is 28.7 Å². The number of H-pyrrole nitrogens is 1. The van der Waals surface area contributed by atoms with Gasteiger partial charge in [-0.3, -0.25) is 5.10 Å². The van der Waals surface area contributed by atoms with Gasteiger partial charge in [-0.05, 0) is 36.7 Å². The maximum Gasteiger partial charge on any atom is 0.113 e. The summed E-state index contributed by atoms with van der Waals surface area (Å²) in [4.78, 5) is 0. The Balaban J connectivity index is 2.17. The van der Waals surface area contributed by atoms with E-state index in [4.69, 9.17) is 0 Å². The second-order valence-corrected chi connectivity index (χ2v) is 5.38. The lowest BCUT2D eigenvalue weighted by atomic mass is 9.69. The Labute approximate surface area is 92.5 Å². The Morgan fingerprint density at radius 2 is 2.27 bits per heavy atom. The fraction of sp³-hybridized carbons (Fsp3) is 0.769. The largest absolute Gasteiger partial charge is 0.282 e. The van der Waals surface area contributed by atoms with Gasteiger partial charge in [0.2, 0.25) is 0 Å². The van der Waals surface area contributed by atoms with Crippen LogP contribution in [-0.4, -0.2) is 10.2 Å². The van der Waals surface area contributed by atoms with Crippen molar-refractivity contribution in [2.75, 3.05) is 0 Å². The zero-order valence-corrected chi connectivity index (χ0v) is 9.96. The Morgan fingerprint density at radius 1 is 1.47 bits per heavy atom. The molecule has 1 aliphatic carbocycles. The van der Waals surface area contributed by atoms with E-state index in [2.05, 4.69) is 37.2 Å². The first-order chi connectivity index (χ1) is 7.18. The van der Waals surface area contributed by atoms with Gasteiger partial charge in [-0.25, -0.2) is 0 Å². The summed E-state index contributed by atoms with van der Waals surface area (Å²) < 4.78 is 0. The SMILES string of the molecule is CC1CCC(C(C)C)C(c2c[c]n[nH]2)C1. The van der Waals surface area contributed by atoms with Crippen molar-refractivity contribution in [3.63, 3.8) is 0 Å². The molecule has 0 amide bonds. The van der Waals surface area contributed by atoms with Crippen molar-refractivity contribution in [3.05, 3.63) is 18.0 Å². The normalized spacial score (nSPS) is 32.1. The summed E-state index contributed by atoms with van der Waals surface area (Å²) >= 11 is 0. The number of rotatable bonds is 2. The predicted octanol–water partition coefficient (Wildman–Crippen LogP) is 3.39. The van der Waals surface area contributed by atoms with E-state index in [0.717, 1.165) is 17.8 Å². The molecule has 3 atom stereocenters. The fourth-order valence-corrected chi connectivity index (χ4v) is 2.98. The van der Waals surface area contributed by atoms with E-state index in [0.29, 0.717) is 5.92 Å². The standard InChI is InChI=1S/C13H21N2/c1-9(2)11-5-4-10(3)8-12(11)13-6-7-14-15-13/h6,9-12H,4-5,8H2,1-3H3,(H,14,15). The predicted molar refractivity (Wildman–Crippen MR) is 61.5 cm³/mol. The number of nitrogens with one attached hydrogen (secondary N) is 1. The second-order valence-electron chi connectivity index (χ2n) is 5.38. The summed E-state index contributed by atoms with van der Waals surface area (Å²) in [6.45, 7) is 7.05. The van der Waals surface area contributed by atoms with E-state index < -0.39 is 0 Å². The van der Waals surface area contributed by atoms with E-state index in [1.165, 1.54) is 25.0 Å². The first-order valence-electron chi connectivity index (χ1n) is 6.09. The van der Waals surface area contributed by atoms with Crippen LogP contribution in [0, 0.1) is 24.0 Å². The van der Waals surface area contributed by atoms with Crippen LogP contribution in [-0.2, 0) is 0 Å². The minimum Gasteiger partial charge on any atom is -0.282 e. The van der Waals surface area contributed by atoms with Crippen molar-refractivity contribution in [3.8, 4) is 0 Å². The van der Waals surface area contributed by atoms with Crippen molar-refractivity contribution in [2.45, 2.75) is 46.0 Å². The molecular formula is C13H21N2. The van der Waals surface area contributed by atoms with Gasteiger partial charge in [0, 0.05) is 11.6 Å². The Morgan fingerprint density at radius 3 is 2.87 bits per heavy atom. The van der Waals surface area contributed by atoms with Crippen LogP contribution in [0.1, 0.15) is 51.6 Å². The summed E-state index contributed by atoms with van der Waals surface area (Å²) in [5, 5.41) is 7.07. The number of hydrogen-bond donors (Lipinski definition) is 1. The van der Waals surface area contributed by atoms with Crippen LogP contribution in [0.2, 0.25) is 0 Å². The molecule has 83 valence electrons. The van der Waals surface area contributed by atoms with Gasteiger partial charge in [0.15, 0.2) is 0 Å². The van der Waals surface area contributed by atoms with E-state index in [1.54, 1.807) is 0 Å². The molecule has 3 unspecified atom stereocenters. The summed E-state index contributed by atoms with van der Waals surface area (Å²) in [6, 6.07) is 2.03. The molecule has 1 heterocycles. The smallest absolute Gasteiger partial charge is 0.113 e. The number of hydrogen-bond acceptors (Lipinski definition) is 1. The number of aromatic nitrogens is 2. The van der Waals surface area contributed by atoms with Crippen LogP contribution in [0.3, 0.4) is 0 Å². The van der Waals surface area contributed by atoms with E-state index in [1.807, 2.05) is 6.07 Å². The van der Waals surface area contributed by atoms with Gasteiger partial charge < -0.3 is 0 Å². The molecule has 15 heavy (non-hydrogen) atoms. The lowest BCUT2D eigenvalue weighted by molar-refractivity contribution is 0.194. The van der Waals surface area contributed by atoms with E-state index in [-0.39, 0.29) is 0 Å². The van der Waals surface area contributed by atoms with Crippen LogP contribution in [0.5, 0.6) is 0 Å². The van der Waals surface area contributed by atoms with Crippen LogP contribution >= 0.6 is 0 Å². The third-order valence-electron chi connectivity index (χ3n) is 3.89. The third-order valence-corrected chi connectivity index (χ3v) is 3.89. The molecule has 0 bridgehead atoms. The summed E-state index contributed by atoms with van der Waals surface area (Å²) in [7, 11) is 0. The molecule has 0 aliphatic heterocycles. The Hall–Kier alpha value is -0.790. The van der Waals surface area contributed by atoms with Crippen molar-refractivity contribution in [1.82, 2.24) is 10.2 Å². The molecule has 0 aromatic carbocycles. The molecular weight excluding hydrogens is 184 g/mol. The maximum atomic E-state index is 3.97. The molecule has 1 aliphatic rings. The molecule has 1 aromatic rings. The fourth-order valence-electron chi connectivity index (χ4n) is 2.98. The van der Waals surface area contributed by atoms with Gasteiger partial charge in [-0.2, -0.15) is 5.10 Å². The number of aromatic amines is 1. The quantitative estimate of drug-likeness (QED) is 0.787. The van der Waals surface area contributed by atoms with Gasteiger partial charge in [0.05, 0.1) is 0 Å². The zero-order valence-electron chi connectivity index (χ0n) is 9.96. The van der Waals surface area contributed by atoms with Gasteiger partial charge in [-0.15, -0.1) is 0 Å². The maximum absolute atomic E-state index is 3.97. The highest BCUT2D eigenvalue weighted by atomic mass is 15.1. The molecule has 1 radical (unpaired) electrons. The first-order valence-corrected chi connectivity index (χ1v) is 6.09. The van der Waals surface area contributed by atoms with Crippen molar-refractivity contribution in [2.24, 2.45) is 17.8 Å². The minimum atomic E-state index is 0.674. The zero-order chi connectivity index (χ0) is 10.8. The van der Waals surface area contributed by atoms with Gasteiger partial charge >= 0.3 is 0 Å². The lowest BCUT2D eigenvalue weighted by Gasteiger charge is -2.36. The summed E-state index contributed by atoms with van der Waals surface area (Å²) in [5.74, 6) is 3.11. The van der Waals surface area contributed by atoms with E-state index in [9.17, 15) is 0 Å². The average Bonchev–Trinajstić information content (AvgIpc) is 2.69. The molecule has 1 aromatic heterocycles. The van der Waals surface area contributed by atoms with Crippen LogP contribution in [0.15, 0.2) is 6.07 Å². The Kier molecular flexibility index (Phi) is 3.13. The van der Waals surface area contributed by atoms with Gasteiger partial charge in [0.25, 0.3) is 0 Å². The Bertz CT molecular complexity index is 289. The lowest BCUT2D eigenvalue weighted by Crippen LogP contribution is -2.26. The van der Waals surface area contributed by atoms with Crippen LogP contribution in [0.4, 0.5) is 0 Å². The highest BCUT2D eigenvalue weighted by Gasteiger charge is 2.32.